The Balaban J connectivity index is 2.16. The van der Waals surface area contributed by atoms with Crippen molar-refractivity contribution in [2.24, 2.45) is 0 Å². The first-order chi connectivity index (χ1) is 16.3. The molecule has 0 spiro atoms. The highest BCUT2D eigenvalue weighted by Crippen LogP contribution is 2.29. The van der Waals surface area contributed by atoms with Crippen molar-refractivity contribution >= 4 is 18.0 Å². The maximum atomic E-state index is 12.9. The first-order valence-corrected chi connectivity index (χ1v) is 10.2. The van der Waals surface area contributed by atoms with E-state index >= 15 is 0 Å². The standard InChI is InChI=1S/C23H22N4O7/c1-4-34-22(30)18-17(12-27-11-15(21(29)33-3)9-14(10-24)20(27)28)25-23(31)26-19(18)13-5-7-16(32-2)8-6-13/h5-9,11,19H,4,12H2,1-3H3,(H2,25,26,31). The fourth-order valence-corrected chi connectivity index (χ4v) is 3.47. The van der Waals surface area contributed by atoms with Gasteiger partial charge in [-0.25, -0.2) is 14.4 Å². The van der Waals surface area contributed by atoms with Gasteiger partial charge in [-0.05, 0) is 30.7 Å². The fourth-order valence-electron chi connectivity index (χ4n) is 3.47. The van der Waals surface area contributed by atoms with Crippen molar-refractivity contribution in [2.75, 3.05) is 20.8 Å². The van der Waals surface area contributed by atoms with Gasteiger partial charge in [-0.2, -0.15) is 5.26 Å². The van der Waals surface area contributed by atoms with E-state index in [0.29, 0.717) is 11.3 Å². The van der Waals surface area contributed by atoms with E-state index < -0.39 is 29.6 Å². The Morgan fingerprint density at radius 3 is 2.44 bits per heavy atom. The molecule has 1 atom stereocenters. The smallest absolute Gasteiger partial charge is 0.339 e. The van der Waals surface area contributed by atoms with Gasteiger partial charge in [-0.1, -0.05) is 12.1 Å². The van der Waals surface area contributed by atoms with Gasteiger partial charge in [0, 0.05) is 6.20 Å². The minimum absolute atomic E-state index is 0.0381. The van der Waals surface area contributed by atoms with Gasteiger partial charge in [-0.3, -0.25) is 4.79 Å². The number of urea groups is 1. The molecule has 2 amide bonds. The molecule has 1 aromatic heterocycles. The number of carbonyl (C=O) groups is 3. The first-order valence-electron chi connectivity index (χ1n) is 10.2. The van der Waals surface area contributed by atoms with Crippen LogP contribution in [-0.4, -0.2) is 43.4 Å². The lowest BCUT2D eigenvalue weighted by atomic mass is 9.95. The summed E-state index contributed by atoms with van der Waals surface area (Å²) in [4.78, 5) is 50.2. The summed E-state index contributed by atoms with van der Waals surface area (Å²) >= 11 is 0. The summed E-state index contributed by atoms with van der Waals surface area (Å²) in [5, 5.41) is 14.6. The number of hydrogen-bond acceptors (Lipinski definition) is 8. The van der Waals surface area contributed by atoms with Crippen molar-refractivity contribution in [3.8, 4) is 11.8 Å². The van der Waals surface area contributed by atoms with Crippen molar-refractivity contribution in [2.45, 2.75) is 19.5 Å². The lowest BCUT2D eigenvalue weighted by Gasteiger charge is -2.29. The Kier molecular flexibility index (Phi) is 7.33. The summed E-state index contributed by atoms with van der Waals surface area (Å²) in [6.07, 6.45) is 1.20. The van der Waals surface area contributed by atoms with Gasteiger partial charge in [0.2, 0.25) is 0 Å². The van der Waals surface area contributed by atoms with Crippen LogP contribution in [0.2, 0.25) is 0 Å². The van der Waals surface area contributed by atoms with Crippen LogP contribution in [0.5, 0.6) is 5.75 Å². The molecular weight excluding hydrogens is 444 g/mol. The highest BCUT2D eigenvalue weighted by molar-refractivity contribution is 5.95. The molecule has 0 radical (unpaired) electrons. The Labute approximate surface area is 194 Å². The van der Waals surface area contributed by atoms with Gasteiger partial charge >= 0.3 is 18.0 Å². The molecule has 2 N–H and O–H groups in total. The van der Waals surface area contributed by atoms with Crippen molar-refractivity contribution in [1.82, 2.24) is 15.2 Å². The van der Waals surface area contributed by atoms with Crippen LogP contribution in [0, 0.1) is 11.3 Å². The molecule has 1 aliphatic heterocycles. The molecule has 1 aromatic carbocycles. The number of amides is 2. The third kappa shape index (κ3) is 4.91. The molecule has 176 valence electrons. The number of rotatable bonds is 7. The topological polar surface area (TPSA) is 149 Å². The summed E-state index contributed by atoms with van der Waals surface area (Å²) < 4.78 is 16.1. The molecule has 11 nitrogen and oxygen atoms in total. The van der Waals surface area contributed by atoms with Gasteiger partial charge in [0.1, 0.15) is 17.4 Å². The van der Waals surface area contributed by atoms with Gasteiger partial charge in [-0.15, -0.1) is 0 Å². The highest BCUT2D eigenvalue weighted by atomic mass is 16.5. The maximum Gasteiger partial charge on any atom is 0.339 e. The van der Waals surface area contributed by atoms with E-state index in [1.54, 1.807) is 37.3 Å². The minimum atomic E-state index is -0.886. The molecule has 34 heavy (non-hydrogen) atoms. The van der Waals surface area contributed by atoms with Crippen LogP contribution in [0.4, 0.5) is 4.79 Å². The van der Waals surface area contributed by atoms with Crippen LogP contribution in [0.25, 0.3) is 0 Å². The maximum absolute atomic E-state index is 12.9. The van der Waals surface area contributed by atoms with Crippen LogP contribution in [0.3, 0.4) is 0 Å². The average Bonchev–Trinajstić information content (AvgIpc) is 2.84. The number of ether oxygens (including phenoxy) is 3. The second kappa shape index (κ2) is 10.4. The van der Waals surface area contributed by atoms with Crippen LogP contribution in [0.1, 0.15) is 34.5 Å². The zero-order chi connectivity index (χ0) is 24.8. The van der Waals surface area contributed by atoms with Crippen LogP contribution < -0.4 is 20.9 Å². The number of esters is 2. The number of nitrogens with zero attached hydrogens (tertiary/aromatic N) is 2. The van der Waals surface area contributed by atoms with Crippen molar-refractivity contribution < 1.29 is 28.6 Å². The van der Waals surface area contributed by atoms with E-state index in [1.807, 2.05) is 0 Å². The molecule has 0 fully saturated rings. The monoisotopic (exact) mass is 466 g/mol. The minimum Gasteiger partial charge on any atom is -0.497 e. The SMILES string of the molecule is CCOC(=O)C1=C(Cn2cc(C(=O)OC)cc(C#N)c2=O)NC(=O)NC1c1ccc(OC)cc1. The number of hydrogen-bond donors (Lipinski definition) is 2. The number of allylic oxidation sites excluding steroid dienone is 1. The van der Waals surface area contributed by atoms with E-state index in [2.05, 4.69) is 15.4 Å². The summed E-state index contributed by atoms with van der Waals surface area (Å²) in [5.41, 5.74) is -0.321. The predicted octanol–water partition coefficient (Wildman–Crippen LogP) is 1.39. The number of pyridine rings is 1. The number of carbonyl (C=O) groups excluding carboxylic acids is 3. The second-order valence-corrected chi connectivity index (χ2v) is 7.10. The normalized spacial score (nSPS) is 15.0. The molecule has 2 aromatic rings. The molecule has 1 aliphatic rings. The van der Waals surface area contributed by atoms with Crippen LogP contribution in [-0.2, 0) is 20.8 Å². The summed E-state index contributed by atoms with van der Waals surface area (Å²) in [6.45, 7) is 1.40. The van der Waals surface area contributed by atoms with Crippen LogP contribution in [0.15, 0.2) is 52.6 Å². The quantitative estimate of drug-likeness (QED) is 0.582. The van der Waals surface area contributed by atoms with Gasteiger partial charge < -0.3 is 29.4 Å². The molecular formula is C23H22N4O7. The van der Waals surface area contributed by atoms with E-state index in [0.717, 1.165) is 17.7 Å². The van der Waals surface area contributed by atoms with Crippen molar-refractivity contribution in [3.63, 3.8) is 0 Å². The molecule has 1 unspecified atom stereocenters. The van der Waals surface area contributed by atoms with E-state index in [-0.39, 0.29) is 35.5 Å². The molecule has 11 heteroatoms. The van der Waals surface area contributed by atoms with E-state index in [1.165, 1.54) is 13.3 Å². The lowest BCUT2D eigenvalue weighted by Crippen LogP contribution is -2.47. The van der Waals surface area contributed by atoms with Gasteiger partial charge in [0.15, 0.2) is 0 Å². The van der Waals surface area contributed by atoms with Gasteiger partial charge in [0.05, 0.1) is 50.2 Å². The zero-order valence-electron chi connectivity index (χ0n) is 18.7. The molecule has 2 heterocycles. The number of benzene rings is 1. The largest absolute Gasteiger partial charge is 0.497 e. The van der Waals surface area contributed by atoms with Crippen LogP contribution >= 0.6 is 0 Å². The molecule has 0 saturated carbocycles. The summed E-state index contributed by atoms with van der Waals surface area (Å²) in [6, 6.07) is 8.08. The Morgan fingerprint density at radius 1 is 1.15 bits per heavy atom. The number of aromatic nitrogens is 1. The van der Waals surface area contributed by atoms with E-state index in [9.17, 15) is 24.4 Å². The van der Waals surface area contributed by atoms with E-state index in [4.69, 9.17) is 9.47 Å². The number of nitriles is 1. The molecule has 3 rings (SSSR count). The second-order valence-electron chi connectivity index (χ2n) is 7.10. The third-order valence-corrected chi connectivity index (χ3v) is 5.05. The molecule has 0 saturated heterocycles. The Bertz CT molecular complexity index is 1260. The molecule has 0 aliphatic carbocycles. The predicted molar refractivity (Wildman–Crippen MR) is 118 cm³/mol. The Morgan fingerprint density at radius 2 is 1.85 bits per heavy atom. The summed E-state index contributed by atoms with van der Waals surface area (Å²) in [7, 11) is 2.68. The fraction of sp³-hybridized carbons (Fsp3) is 0.261. The molecule has 0 bridgehead atoms. The van der Waals surface area contributed by atoms with Gasteiger partial charge in [0.25, 0.3) is 5.56 Å². The zero-order valence-corrected chi connectivity index (χ0v) is 18.7. The first kappa shape index (κ1) is 24.1. The highest BCUT2D eigenvalue weighted by Gasteiger charge is 2.34. The number of methoxy groups -OCH3 is 2. The summed E-state index contributed by atoms with van der Waals surface area (Å²) in [5.74, 6) is -0.875. The lowest BCUT2D eigenvalue weighted by molar-refractivity contribution is -0.139. The van der Waals surface area contributed by atoms with Crippen molar-refractivity contribution in [3.05, 3.63) is 74.8 Å². The average molecular weight is 466 g/mol. The third-order valence-electron chi connectivity index (χ3n) is 5.05. The Hall–Kier alpha value is -4.59. The van der Waals surface area contributed by atoms with Crippen molar-refractivity contribution in [1.29, 1.82) is 5.26 Å². The number of nitrogens with one attached hydrogen (secondary N) is 2.